The minimum atomic E-state index is 0.117. The van der Waals surface area contributed by atoms with E-state index in [1.807, 2.05) is 12.1 Å². The number of nitrogens with two attached hydrogens (primary N) is 1. The predicted octanol–water partition coefficient (Wildman–Crippen LogP) is 4.70. The predicted molar refractivity (Wildman–Crippen MR) is 92.9 cm³/mol. The first kappa shape index (κ1) is 16.5. The summed E-state index contributed by atoms with van der Waals surface area (Å²) in [4.78, 5) is 3.82. The SMILES string of the molecule is CCC(N)C(c1ccc(Cl)cc1)N(CC)Cc1cccs1. The molecule has 0 saturated carbocycles. The van der Waals surface area contributed by atoms with Crippen LogP contribution in [0.2, 0.25) is 5.02 Å². The van der Waals surface area contributed by atoms with E-state index >= 15 is 0 Å². The van der Waals surface area contributed by atoms with E-state index in [-0.39, 0.29) is 12.1 Å². The molecule has 4 heteroatoms. The second-order valence-electron chi connectivity index (χ2n) is 5.21. The summed E-state index contributed by atoms with van der Waals surface area (Å²) in [5.74, 6) is 0. The molecule has 2 rings (SSSR count). The van der Waals surface area contributed by atoms with Gasteiger partial charge in [-0.3, -0.25) is 4.90 Å². The van der Waals surface area contributed by atoms with Crippen LogP contribution < -0.4 is 5.73 Å². The molecule has 1 aromatic heterocycles. The smallest absolute Gasteiger partial charge is 0.0502 e. The molecule has 0 bridgehead atoms. The molecule has 0 saturated heterocycles. The lowest BCUT2D eigenvalue weighted by molar-refractivity contribution is 0.171. The molecule has 0 fully saturated rings. The van der Waals surface area contributed by atoms with E-state index in [4.69, 9.17) is 17.3 Å². The Morgan fingerprint density at radius 2 is 1.90 bits per heavy atom. The Morgan fingerprint density at radius 1 is 1.19 bits per heavy atom. The van der Waals surface area contributed by atoms with Crippen LogP contribution in [0.25, 0.3) is 0 Å². The van der Waals surface area contributed by atoms with Gasteiger partial charge in [0.2, 0.25) is 0 Å². The zero-order valence-corrected chi connectivity index (χ0v) is 14.2. The molecule has 21 heavy (non-hydrogen) atoms. The second-order valence-corrected chi connectivity index (χ2v) is 6.68. The fourth-order valence-corrected chi connectivity index (χ4v) is 3.48. The molecule has 0 spiro atoms. The summed E-state index contributed by atoms with van der Waals surface area (Å²) in [7, 11) is 0. The van der Waals surface area contributed by atoms with Gasteiger partial charge in [0.25, 0.3) is 0 Å². The van der Waals surface area contributed by atoms with Crippen molar-refractivity contribution in [2.45, 2.75) is 38.9 Å². The van der Waals surface area contributed by atoms with Crippen molar-refractivity contribution < 1.29 is 0 Å². The number of thiophene rings is 1. The summed E-state index contributed by atoms with van der Waals surface area (Å²) in [5.41, 5.74) is 7.66. The number of hydrogen-bond acceptors (Lipinski definition) is 3. The lowest BCUT2D eigenvalue weighted by Crippen LogP contribution is -2.40. The van der Waals surface area contributed by atoms with E-state index in [0.717, 1.165) is 24.5 Å². The van der Waals surface area contributed by atoms with Crippen LogP contribution in [0.4, 0.5) is 0 Å². The van der Waals surface area contributed by atoms with Crippen LogP contribution in [0.1, 0.15) is 36.8 Å². The highest BCUT2D eigenvalue weighted by atomic mass is 35.5. The largest absolute Gasteiger partial charge is 0.326 e. The molecule has 0 aliphatic rings. The quantitative estimate of drug-likeness (QED) is 0.800. The third-order valence-corrected chi connectivity index (χ3v) is 4.94. The zero-order valence-electron chi connectivity index (χ0n) is 12.6. The van der Waals surface area contributed by atoms with Gasteiger partial charge in [0.1, 0.15) is 0 Å². The molecule has 0 aliphatic heterocycles. The van der Waals surface area contributed by atoms with Crippen molar-refractivity contribution in [3.05, 3.63) is 57.2 Å². The van der Waals surface area contributed by atoms with E-state index in [1.54, 1.807) is 11.3 Å². The van der Waals surface area contributed by atoms with Crippen molar-refractivity contribution >= 4 is 22.9 Å². The van der Waals surface area contributed by atoms with Gasteiger partial charge in [-0.1, -0.05) is 43.6 Å². The fraction of sp³-hybridized carbons (Fsp3) is 0.412. The zero-order chi connectivity index (χ0) is 15.2. The van der Waals surface area contributed by atoms with Crippen molar-refractivity contribution in [2.24, 2.45) is 5.73 Å². The number of nitrogens with zero attached hydrogens (tertiary/aromatic N) is 1. The summed E-state index contributed by atoms with van der Waals surface area (Å²) in [6.45, 7) is 6.25. The van der Waals surface area contributed by atoms with Crippen molar-refractivity contribution in [2.75, 3.05) is 6.54 Å². The second kappa shape index (κ2) is 7.95. The van der Waals surface area contributed by atoms with Crippen LogP contribution >= 0.6 is 22.9 Å². The lowest BCUT2D eigenvalue weighted by Gasteiger charge is -2.34. The monoisotopic (exact) mass is 322 g/mol. The summed E-state index contributed by atoms with van der Waals surface area (Å²) >= 11 is 7.81. The minimum absolute atomic E-state index is 0.117. The number of benzene rings is 1. The van der Waals surface area contributed by atoms with E-state index in [1.165, 1.54) is 10.4 Å². The maximum Gasteiger partial charge on any atom is 0.0502 e. The molecule has 0 amide bonds. The lowest BCUT2D eigenvalue weighted by atomic mass is 9.96. The first-order valence-corrected chi connectivity index (χ1v) is 8.69. The van der Waals surface area contributed by atoms with Crippen molar-refractivity contribution in [3.63, 3.8) is 0 Å². The highest BCUT2D eigenvalue weighted by Crippen LogP contribution is 2.28. The van der Waals surface area contributed by atoms with Crippen molar-refractivity contribution in [1.29, 1.82) is 0 Å². The van der Waals surface area contributed by atoms with Gasteiger partial charge in [0, 0.05) is 22.5 Å². The Labute approximate surface area is 136 Å². The molecule has 1 aromatic carbocycles. The van der Waals surface area contributed by atoms with Crippen LogP contribution in [0.15, 0.2) is 41.8 Å². The van der Waals surface area contributed by atoms with Gasteiger partial charge >= 0.3 is 0 Å². The van der Waals surface area contributed by atoms with E-state index < -0.39 is 0 Å². The van der Waals surface area contributed by atoms with Crippen LogP contribution in [-0.4, -0.2) is 17.5 Å². The van der Waals surface area contributed by atoms with Gasteiger partial charge < -0.3 is 5.73 Å². The van der Waals surface area contributed by atoms with E-state index in [2.05, 4.69) is 48.4 Å². The molecule has 2 nitrogen and oxygen atoms in total. The molecule has 2 unspecified atom stereocenters. The molecule has 2 atom stereocenters. The number of likely N-dealkylation sites (N-methyl/N-ethyl adjacent to an activating group) is 1. The normalized spacial score (nSPS) is 14.3. The summed E-state index contributed by atoms with van der Waals surface area (Å²) in [5, 5.41) is 2.89. The van der Waals surface area contributed by atoms with Gasteiger partial charge in [-0.15, -0.1) is 11.3 Å². The first-order valence-electron chi connectivity index (χ1n) is 7.43. The Balaban J connectivity index is 2.26. The average Bonchev–Trinajstić information content (AvgIpc) is 3.01. The molecule has 0 radical (unpaired) electrons. The van der Waals surface area contributed by atoms with Crippen LogP contribution in [0.5, 0.6) is 0 Å². The van der Waals surface area contributed by atoms with Crippen LogP contribution in [-0.2, 0) is 6.54 Å². The van der Waals surface area contributed by atoms with Crippen LogP contribution in [0, 0.1) is 0 Å². The van der Waals surface area contributed by atoms with Gasteiger partial charge in [-0.25, -0.2) is 0 Å². The number of halogens is 1. The Kier molecular flexibility index (Phi) is 6.24. The van der Waals surface area contributed by atoms with E-state index in [9.17, 15) is 0 Å². The molecule has 2 aromatic rings. The molecule has 1 heterocycles. The third kappa shape index (κ3) is 4.30. The summed E-state index contributed by atoms with van der Waals surface area (Å²) in [6, 6.07) is 12.7. The molecule has 114 valence electrons. The maximum atomic E-state index is 6.42. The van der Waals surface area contributed by atoms with Gasteiger partial charge in [-0.05, 0) is 42.1 Å². The Hall–Kier alpha value is -0.870. The fourth-order valence-electron chi connectivity index (χ4n) is 2.62. The molecular formula is C17H23ClN2S. The molecular weight excluding hydrogens is 300 g/mol. The molecule has 2 N–H and O–H groups in total. The molecule has 0 aliphatic carbocycles. The van der Waals surface area contributed by atoms with Gasteiger partial charge in [0.05, 0.1) is 6.04 Å². The van der Waals surface area contributed by atoms with Crippen LogP contribution in [0.3, 0.4) is 0 Å². The standard InChI is InChI=1S/C17H23ClN2S/c1-3-16(19)17(13-7-9-14(18)10-8-13)20(4-2)12-15-6-5-11-21-15/h5-11,16-17H,3-4,12,19H2,1-2H3. The third-order valence-electron chi connectivity index (χ3n) is 3.83. The number of rotatable bonds is 7. The van der Waals surface area contributed by atoms with Gasteiger partial charge in [-0.2, -0.15) is 0 Å². The number of hydrogen-bond donors (Lipinski definition) is 1. The average molecular weight is 323 g/mol. The van der Waals surface area contributed by atoms with Gasteiger partial charge in [0.15, 0.2) is 0 Å². The highest BCUT2D eigenvalue weighted by molar-refractivity contribution is 7.09. The minimum Gasteiger partial charge on any atom is -0.326 e. The Morgan fingerprint density at radius 3 is 2.43 bits per heavy atom. The van der Waals surface area contributed by atoms with Crippen molar-refractivity contribution in [3.8, 4) is 0 Å². The summed E-state index contributed by atoms with van der Waals surface area (Å²) < 4.78 is 0. The topological polar surface area (TPSA) is 29.3 Å². The van der Waals surface area contributed by atoms with Crippen molar-refractivity contribution in [1.82, 2.24) is 4.90 Å². The summed E-state index contributed by atoms with van der Waals surface area (Å²) in [6.07, 6.45) is 0.953. The first-order chi connectivity index (χ1) is 10.2. The van der Waals surface area contributed by atoms with E-state index in [0.29, 0.717) is 0 Å². The highest BCUT2D eigenvalue weighted by Gasteiger charge is 2.25. The Bertz CT molecular complexity index is 524. The maximum absolute atomic E-state index is 6.42.